The van der Waals surface area contributed by atoms with Crippen molar-refractivity contribution in [2.24, 2.45) is 4.99 Å². The van der Waals surface area contributed by atoms with Gasteiger partial charge in [0.05, 0.1) is 28.5 Å². The molecule has 0 bridgehead atoms. The average Bonchev–Trinajstić information content (AvgIpc) is 3.72. The molecule has 2 aromatic heterocycles. The molecule has 0 saturated carbocycles. The molecule has 2 aliphatic rings. The molecule has 0 amide bonds. The van der Waals surface area contributed by atoms with Gasteiger partial charge in [-0.05, 0) is 86.4 Å². The van der Waals surface area contributed by atoms with E-state index in [9.17, 15) is 9.59 Å². The first-order chi connectivity index (χ1) is 21.8. The largest absolute Gasteiger partial charge is 0.463 e. The lowest BCUT2D eigenvalue weighted by Gasteiger charge is -2.24. The Balaban J connectivity index is 1.32. The predicted octanol–water partition coefficient (Wildman–Crippen LogP) is 5.60. The fourth-order valence-electron chi connectivity index (χ4n) is 6.10. The summed E-state index contributed by atoms with van der Waals surface area (Å²) in [6, 6.07) is 25.6. The summed E-state index contributed by atoms with van der Waals surface area (Å²) < 4.78 is 20.9. The number of allylic oxidation sites excluding steroid dienone is 1. The van der Waals surface area contributed by atoms with E-state index in [1.165, 1.54) is 16.9 Å². The number of aromatic nitrogens is 2. The maximum Gasteiger partial charge on any atom is 0.338 e. The lowest BCUT2D eigenvalue weighted by atomic mass is 9.95. The van der Waals surface area contributed by atoms with Gasteiger partial charge < -0.3 is 18.8 Å². The van der Waals surface area contributed by atoms with Crippen molar-refractivity contribution in [3.05, 3.63) is 132 Å². The monoisotopic (exact) mass is 617 g/mol. The van der Waals surface area contributed by atoms with E-state index in [4.69, 9.17) is 19.2 Å². The van der Waals surface area contributed by atoms with Gasteiger partial charge in [0, 0.05) is 17.1 Å². The van der Waals surface area contributed by atoms with Gasteiger partial charge in [0.25, 0.3) is 5.56 Å². The highest BCUT2D eigenvalue weighted by atomic mass is 32.1. The number of benzene rings is 3. The van der Waals surface area contributed by atoms with Crippen LogP contribution in [-0.2, 0) is 9.53 Å². The zero-order valence-corrected chi connectivity index (χ0v) is 26.2. The third-order valence-electron chi connectivity index (χ3n) is 8.22. The van der Waals surface area contributed by atoms with Gasteiger partial charge in [-0.3, -0.25) is 9.36 Å². The Bertz CT molecular complexity index is 2170. The minimum atomic E-state index is -0.729. The fraction of sp³-hybridized carbons (Fsp3) is 0.194. The zero-order chi connectivity index (χ0) is 31.2. The smallest absolute Gasteiger partial charge is 0.338 e. The molecule has 45 heavy (non-hydrogen) atoms. The first kappa shape index (κ1) is 28.6. The summed E-state index contributed by atoms with van der Waals surface area (Å²) in [5.41, 5.74) is 7.69. The zero-order valence-electron chi connectivity index (χ0n) is 25.4. The molecule has 0 N–H and O–H groups in total. The number of hydrogen-bond acceptors (Lipinski definition) is 7. The van der Waals surface area contributed by atoms with Crippen LogP contribution in [0, 0.1) is 13.8 Å². The lowest BCUT2D eigenvalue weighted by molar-refractivity contribution is -0.139. The molecular formula is C36H31N3O5S. The summed E-state index contributed by atoms with van der Waals surface area (Å²) in [6.07, 6.45) is 1.92. The van der Waals surface area contributed by atoms with E-state index < -0.39 is 12.0 Å². The molecule has 7 rings (SSSR count). The first-order valence-corrected chi connectivity index (χ1v) is 15.6. The van der Waals surface area contributed by atoms with E-state index >= 15 is 0 Å². The molecule has 8 nitrogen and oxygen atoms in total. The number of rotatable bonds is 6. The number of nitrogens with zero attached hydrogens (tertiary/aromatic N) is 3. The van der Waals surface area contributed by atoms with E-state index in [1.54, 1.807) is 24.5 Å². The molecule has 226 valence electrons. The minimum absolute atomic E-state index is 0.122. The van der Waals surface area contributed by atoms with Crippen LogP contribution in [0.15, 0.2) is 99.9 Å². The van der Waals surface area contributed by atoms with Crippen LogP contribution in [0.5, 0.6) is 11.5 Å². The molecule has 4 heterocycles. The van der Waals surface area contributed by atoms with E-state index in [-0.39, 0.29) is 19.0 Å². The van der Waals surface area contributed by atoms with Gasteiger partial charge in [0.2, 0.25) is 6.79 Å². The maximum atomic E-state index is 14.2. The van der Waals surface area contributed by atoms with Crippen molar-refractivity contribution >= 4 is 23.4 Å². The Hall–Kier alpha value is -5.15. The second-order valence-corrected chi connectivity index (χ2v) is 12.0. The molecule has 0 fully saturated rings. The van der Waals surface area contributed by atoms with Crippen LogP contribution in [0.25, 0.3) is 22.9 Å². The molecule has 3 aromatic carbocycles. The maximum absolute atomic E-state index is 14.2. The molecule has 0 radical (unpaired) electrons. The lowest BCUT2D eigenvalue weighted by Crippen LogP contribution is -2.39. The van der Waals surface area contributed by atoms with Gasteiger partial charge in [0.15, 0.2) is 16.3 Å². The summed E-state index contributed by atoms with van der Waals surface area (Å²) in [7, 11) is 0. The summed E-state index contributed by atoms with van der Waals surface area (Å²) >= 11 is 1.31. The topological polar surface area (TPSA) is 84.1 Å². The summed E-state index contributed by atoms with van der Waals surface area (Å²) in [4.78, 5) is 32.6. The van der Waals surface area contributed by atoms with Crippen molar-refractivity contribution in [1.82, 2.24) is 9.13 Å². The van der Waals surface area contributed by atoms with Gasteiger partial charge in [-0.25, -0.2) is 9.79 Å². The van der Waals surface area contributed by atoms with E-state index in [1.807, 2.05) is 36.4 Å². The SMILES string of the molecule is CCOC(=O)C1=C(C)N=c2s/c(=C/c3cc(C)n(-c4ccc(-c5ccccc5)cc4)c3C)c(=O)n2C1c1ccc2c(c1)OCO2. The molecule has 0 aliphatic carbocycles. The second kappa shape index (κ2) is 11.4. The van der Waals surface area contributed by atoms with Crippen LogP contribution in [0.1, 0.15) is 42.4 Å². The Morgan fingerprint density at radius 3 is 2.47 bits per heavy atom. The van der Waals surface area contributed by atoms with Gasteiger partial charge in [-0.2, -0.15) is 0 Å². The van der Waals surface area contributed by atoms with Crippen molar-refractivity contribution in [2.45, 2.75) is 33.7 Å². The van der Waals surface area contributed by atoms with E-state index in [2.05, 4.69) is 60.9 Å². The molecule has 0 saturated heterocycles. The number of carbonyl (C=O) groups is 1. The standard InChI is InChI=1S/C36H31N3O5S/c1-5-42-35(41)32-22(3)37-36-39(33(32)26-13-16-29-30(18-26)44-20-43-29)34(40)31(45-36)19-27-17-21(2)38(23(27)4)28-14-11-25(12-15-28)24-9-7-6-8-10-24/h6-19,33H,5,20H2,1-4H3/b31-19+. The number of hydrogen-bond donors (Lipinski definition) is 0. The van der Waals surface area contributed by atoms with Crippen LogP contribution in [0.3, 0.4) is 0 Å². The Morgan fingerprint density at radius 2 is 1.71 bits per heavy atom. The minimum Gasteiger partial charge on any atom is -0.463 e. The highest BCUT2D eigenvalue weighted by molar-refractivity contribution is 7.07. The van der Waals surface area contributed by atoms with Crippen molar-refractivity contribution in [2.75, 3.05) is 13.4 Å². The first-order valence-electron chi connectivity index (χ1n) is 14.8. The number of carbonyl (C=O) groups excluding carboxylic acids is 1. The Morgan fingerprint density at radius 1 is 0.978 bits per heavy atom. The van der Waals surface area contributed by atoms with E-state index in [0.29, 0.717) is 37.7 Å². The van der Waals surface area contributed by atoms with Crippen molar-refractivity contribution in [3.63, 3.8) is 0 Å². The predicted molar refractivity (Wildman–Crippen MR) is 174 cm³/mol. The average molecular weight is 618 g/mol. The molecule has 9 heteroatoms. The van der Waals surface area contributed by atoms with Crippen LogP contribution in [0.2, 0.25) is 0 Å². The molecular weight excluding hydrogens is 586 g/mol. The highest BCUT2D eigenvalue weighted by Gasteiger charge is 2.34. The number of aryl methyl sites for hydroxylation is 1. The highest BCUT2D eigenvalue weighted by Crippen LogP contribution is 2.38. The van der Waals surface area contributed by atoms with E-state index in [0.717, 1.165) is 28.2 Å². The van der Waals surface area contributed by atoms with Crippen molar-refractivity contribution in [1.29, 1.82) is 0 Å². The third kappa shape index (κ3) is 4.99. The number of ether oxygens (including phenoxy) is 3. The molecule has 1 unspecified atom stereocenters. The summed E-state index contributed by atoms with van der Waals surface area (Å²) in [6.45, 7) is 7.98. The third-order valence-corrected chi connectivity index (χ3v) is 9.20. The fourth-order valence-corrected chi connectivity index (χ4v) is 7.13. The van der Waals surface area contributed by atoms with Crippen molar-refractivity contribution in [3.8, 4) is 28.3 Å². The van der Waals surface area contributed by atoms with Gasteiger partial charge >= 0.3 is 5.97 Å². The normalized spacial score (nSPS) is 15.6. The summed E-state index contributed by atoms with van der Waals surface area (Å²) in [5, 5.41) is 0. The summed E-state index contributed by atoms with van der Waals surface area (Å²) in [5.74, 6) is 0.684. The van der Waals surface area contributed by atoms with Crippen LogP contribution in [-0.4, -0.2) is 28.5 Å². The van der Waals surface area contributed by atoms with Crippen LogP contribution < -0.4 is 24.4 Å². The van der Waals surface area contributed by atoms with Gasteiger partial charge in [0.1, 0.15) is 0 Å². The number of esters is 1. The van der Waals surface area contributed by atoms with Crippen LogP contribution in [0.4, 0.5) is 0 Å². The number of fused-ring (bicyclic) bond motifs is 2. The van der Waals surface area contributed by atoms with Gasteiger partial charge in [-0.1, -0.05) is 59.9 Å². The quantitative estimate of drug-likeness (QED) is 0.232. The molecule has 5 aromatic rings. The Labute approximate surface area is 263 Å². The molecule has 1 atom stereocenters. The van der Waals surface area contributed by atoms with Crippen molar-refractivity contribution < 1.29 is 19.0 Å². The molecule has 2 aliphatic heterocycles. The van der Waals surface area contributed by atoms with Crippen LogP contribution >= 0.6 is 11.3 Å². The second-order valence-electron chi connectivity index (χ2n) is 11.0. The number of thiazole rings is 1. The molecule has 0 spiro atoms. The van der Waals surface area contributed by atoms with Gasteiger partial charge in [-0.15, -0.1) is 0 Å². The Kier molecular flexibility index (Phi) is 7.25.